The van der Waals surface area contributed by atoms with E-state index in [1.165, 1.54) is 64.2 Å². The molecule has 0 N–H and O–H groups in total. The molecule has 0 unspecified atom stereocenters. The normalized spacial score (nSPS) is 22.6. The minimum atomic E-state index is -2.91. The topological polar surface area (TPSA) is 34.1 Å². The summed E-state index contributed by atoms with van der Waals surface area (Å²) < 4.78 is 25.0. The Morgan fingerprint density at radius 2 is 0.905 bits per heavy atom. The van der Waals surface area contributed by atoms with E-state index >= 15 is 0 Å². The van der Waals surface area contributed by atoms with Crippen LogP contribution in [0.4, 0.5) is 0 Å². The van der Waals surface area contributed by atoms with E-state index in [-0.39, 0.29) is 10.5 Å². The fourth-order valence-corrected chi connectivity index (χ4v) is 5.13. The minimum Gasteiger partial charge on any atom is -0.228 e. The highest BCUT2D eigenvalue weighted by atomic mass is 32.2. The van der Waals surface area contributed by atoms with Gasteiger partial charge in [0.25, 0.3) is 0 Å². The van der Waals surface area contributed by atoms with Gasteiger partial charge in [0.2, 0.25) is 0 Å². The number of rotatable bonds is 2. The fourth-order valence-electron chi connectivity index (χ4n) is 3.37. The zero-order valence-corrected chi connectivity index (χ0v) is 15.1. The van der Waals surface area contributed by atoms with E-state index in [2.05, 4.69) is 0 Å². The summed E-state index contributed by atoms with van der Waals surface area (Å²) in [4.78, 5) is 0. The summed E-state index contributed by atoms with van der Waals surface area (Å²) in [7, 11) is -2.91. The Morgan fingerprint density at radius 1 is 0.619 bits per heavy atom. The van der Waals surface area contributed by atoms with Crippen LogP contribution >= 0.6 is 0 Å². The lowest BCUT2D eigenvalue weighted by Crippen LogP contribution is -2.28. The highest BCUT2D eigenvalue weighted by Gasteiger charge is 2.27. The van der Waals surface area contributed by atoms with Crippen molar-refractivity contribution in [3.05, 3.63) is 0 Å². The summed E-state index contributed by atoms with van der Waals surface area (Å²) in [5.41, 5.74) is 0. The average Bonchev–Trinajstić information content (AvgIpc) is 2.45. The van der Waals surface area contributed by atoms with Crippen LogP contribution in [0.3, 0.4) is 0 Å². The molecule has 126 valence electrons. The SMILES string of the molecule is CC(C)S(=O)(=O)C1CCCCCCCCCCCCCC1. The standard InChI is InChI=1S/C18H36O2S/c1-17(2)21(19,20)18-15-13-11-9-7-5-3-4-6-8-10-12-14-16-18/h17-18H,3-16H2,1-2H3. The molecule has 0 amide bonds. The summed E-state index contributed by atoms with van der Waals surface area (Å²) in [6, 6.07) is 0. The highest BCUT2D eigenvalue weighted by Crippen LogP contribution is 2.23. The van der Waals surface area contributed by atoms with Gasteiger partial charge >= 0.3 is 0 Å². The Balaban J connectivity index is 2.51. The lowest BCUT2D eigenvalue weighted by Gasteiger charge is -2.20. The fraction of sp³-hybridized carbons (Fsp3) is 1.00. The molecular weight excluding hydrogens is 280 g/mol. The summed E-state index contributed by atoms with van der Waals surface area (Å²) in [5, 5.41) is -0.299. The van der Waals surface area contributed by atoms with E-state index in [0.717, 1.165) is 25.7 Å². The first-order valence-electron chi connectivity index (χ1n) is 9.28. The van der Waals surface area contributed by atoms with Crippen LogP contribution in [-0.2, 0) is 9.84 Å². The van der Waals surface area contributed by atoms with Gasteiger partial charge in [0.15, 0.2) is 9.84 Å². The summed E-state index contributed by atoms with van der Waals surface area (Å²) in [6.07, 6.45) is 17.2. The maximum Gasteiger partial charge on any atom is 0.155 e. The molecule has 1 aliphatic rings. The summed E-state index contributed by atoms with van der Waals surface area (Å²) in [5.74, 6) is 0. The highest BCUT2D eigenvalue weighted by molar-refractivity contribution is 7.92. The molecule has 0 aliphatic heterocycles. The van der Waals surface area contributed by atoms with E-state index in [1.54, 1.807) is 0 Å². The quantitative estimate of drug-likeness (QED) is 0.659. The molecule has 21 heavy (non-hydrogen) atoms. The van der Waals surface area contributed by atoms with Crippen LogP contribution in [0.1, 0.15) is 104 Å². The second kappa shape index (κ2) is 10.6. The smallest absolute Gasteiger partial charge is 0.155 e. The number of sulfone groups is 1. The van der Waals surface area contributed by atoms with Gasteiger partial charge in [-0.15, -0.1) is 0 Å². The average molecular weight is 317 g/mol. The molecule has 0 aromatic rings. The maximum absolute atomic E-state index is 12.5. The van der Waals surface area contributed by atoms with Crippen LogP contribution < -0.4 is 0 Å². The first-order valence-corrected chi connectivity index (χ1v) is 10.9. The zero-order valence-electron chi connectivity index (χ0n) is 14.3. The number of hydrogen-bond donors (Lipinski definition) is 0. The van der Waals surface area contributed by atoms with Crippen LogP contribution in [0.2, 0.25) is 0 Å². The molecule has 1 rings (SSSR count). The van der Waals surface area contributed by atoms with Gasteiger partial charge in [0, 0.05) is 0 Å². The van der Waals surface area contributed by atoms with Crippen molar-refractivity contribution in [3.63, 3.8) is 0 Å². The Labute approximate surface area is 133 Å². The molecule has 0 spiro atoms. The third kappa shape index (κ3) is 7.67. The lowest BCUT2D eigenvalue weighted by atomic mass is 10.0. The van der Waals surface area contributed by atoms with Gasteiger partial charge in [-0.1, -0.05) is 77.0 Å². The van der Waals surface area contributed by atoms with Crippen molar-refractivity contribution < 1.29 is 8.42 Å². The summed E-state index contributed by atoms with van der Waals surface area (Å²) >= 11 is 0. The molecule has 1 aliphatic carbocycles. The molecular formula is C18H36O2S. The van der Waals surface area contributed by atoms with Crippen molar-refractivity contribution in [3.8, 4) is 0 Å². The first kappa shape index (κ1) is 19.0. The molecule has 0 aromatic carbocycles. The largest absolute Gasteiger partial charge is 0.228 e. The number of hydrogen-bond acceptors (Lipinski definition) is 2. The monoisotopic (exact) mass is 316 g/mol. The van der Waals surface area contributed by atoms with Gasteiger partial charge in [-0.2, -0.15) is 0 Å². The van der Waals surface area contributed by atoms with E-state index in [4.69, 9.17) is 0 Å². The third-order valence-corrected chi connectivity index (χ3v) is 7.64. The molecule has 0 bridgehead atoms. The van der Waals surface area contributed by atoms with E-state index in [9.17, 15) is 8.42 Å². The van der Waals surface area contributed by atoms with Crippen molar-refractivity contribution in [1.29, 1.82) is 0 Å². The Morgan fingerprint density at radius 3 is 1.19 bits per heavy atom. The predicted molar refractivity (Wildman–Crippen MR) is 92.5 cm³/mol. The molecule has 0 saturated heterocycles. The second-order valence-electron chi connectivity index (χ2n) is 7.08. The van der Waals surface area contributed by atoms with Gasteiger partial charge in [-0.25, -0.2) is 8.42 Å². The van der Waals surface area contributed by atoms with Crippen molar-refractivity contribution in [2.24, 2.45) is 0 Å². The van der Waals surface area contributed by atoms with Crippen LogP contribution in [0.5, 0.6) is 0 Å². The van der Waals surface area contributed by atoms with Crippen molar-refractivity contribution in [2.45, 2.75) is 114 Å². The van der Waals surface area contributed by atoms with Crippen LogP contribution in [-0.4, -0.2) is 18.9 Å². The summed E-state index contributed by atoms with van der Waals surface area (Å²) in [6.45, 7) is 3.68. The van der Waals surface area contributed by atoms with E-state index < -0.39 is 9.84 Å². The van der Waals surface area contributed by atoms with Crippen molar-refractivity contribution >= 4 is 9.84 Å². The second-order valence-corrected chi connectivity index (χ2v) is 9.87. The van der Waals surface area contributed by atoms with Crippen LogP contribution in [0.15, 0.2) is 0 Å². The van der Waals surface area contributed by atoms with Gasteiger partial charge in [0.1, 0.15) is 0 Å². The Hall–Kier alpha value is -0.0500. The molecule has 1 saturated carbocycles. The third-order valence-electron chi connectivity index (χ3n) is 4.92. The molecule has 0 atom stereocenters. The molecule has 2 nitrogen and oxygen atoms in total. The van der Waals surface area contributed by atoms with Gasteiger partial charge in [-0.05, 0) is 26.7 Å². The first-order chi connectivity index (χ1) is 10.0. The van der Waals surface area contributed by atoms with Crippen LogP contribution in [0.25, 0.3) is 0 Å². The molecule has 0 radical (unpaired) electrons. The Kier molecular flexibility index (Phi) is 9.62. The van der Waals surface area contributed by atoms with Gasteiger partial charge < -0.3 is 0 Å². The minimum absolute atomic E-state index is 0.0809. The molecule has 0 heterocycles. The predicted octanol–water partition coefficient (Wildman–Crippen LogP) is 5.65. The zero-order chi connectivity index (χ0) is 15.6. The van der Waals surface area contributed by atoms with Crippen molar-refractivity contribution in [1.82, 2.24) is 0 Å². The van der Waals surface area contributed by atoms with Crippen LogP contribution in [0, 0.1) is 0 Å². The molecule has 0 aromatic heterocycles. The van der Waals surface area contributed by atoms with Crippen molar-refractivity contribution in [2.75, 3.05) is 0 Å². The van der Waals surface area contributed by atoms with Gasteiger partial charge in [-0.3, -0.25) is 0 Å². The lowest BCUT2D eigenvalue weighted by molar-refractivity contribution is 0.514. The van der Waals surface area contributed by atoms with E-state index in [0.29, 0.717) is 0 Å². The maximum atomic E-state index is 12.5. The Bertz CT molecular complexity index is 330. The molecule has 3 heteroatoms. The van der Waals surface area contributed by atoms with Gasteiger partial charge in [0.05, 0.1) is 10.5 Å². The molecule has 1 fully saturated rings. The van der Waals surface area contributed by atoms with E-state index in [1.807, 2.05) is 13.8 Å².